The molecule has 0 aliphatic carbocycles. The second kappa shape index (κ2) is 65.8. The lowest BCUT2D eigenvalue weighted by Crippen LogP contribution is -2.30. The minimum absolute atomic E-state index is 0.0822. The van der Waals surface area contributed by atoms with Gasteiger partial charge in [0.15, 0.2) is 6.10 Å². The van der Waals surface area contributed by atoms with E-state index in [0.717, 1.165) is 128 Å². The van der Waals surface area contributed by atoms with Gasteiger partial charge in [-0.05, 0) is 116 Å². The average molecular weight is 1090 g/mol. The van der Waals surface area contributed by atoms with Crippen LogP contribution < -0.4 is 0 Å². The summed E-state index contributed by atoms with van der Waals surface area (Å²) in [6.07, 6.45) is 88.7. The van der Waals surface area contributed by atoms with Crippen molar-refractivity contribution in [2.45, 2.75) is 329 Å². The predicted molar refractivity (Wildman–Crippen MR) is 339 cm³/mol. The molecule has 0 bridgehead atoms. The van der Waals surface area contributed by atoms with E-state index in [1.165, 1.54) is 154 Å². The quantitative estimate of drug-likeness (QED) is 0.0261. The molecule has 6 heteroatoms. The summed E-state index contributed by atoms with van der Waals surface area (Å²) in [4.78, 5) is 38.2. The van der Waals surface area contributed by atoms with Crippen LogP contribution >= 0.6 is 0 Å². The number of hydrogen-bond acceptors (Lipinski definition) is 6. The Bertz CT molecular complexity index is 1530. The highest BCUT2D eigenvalue weighted by molar-refractivity contribution is 5.71. The topological polar surface area (TPSA) is 78.9 Å². The van der Waals surface area contributed by atoms with Crippen LogP contribution in [0.1, 0.15) is 323 Å². The smallest absolute Gasteiger partial charge is 0.306 e. The summed E-state index contributed by atoms with van der Waals surface area (Å²) in [5.41, 5.74) is 0. The van der Waals surface area contributed by atoms with Crippen molar-refractivity contribution in [1.29, 1.82) is 0 Å². The molecule has 0 radical (unpaired) electrons. The second-order valence-corrected chi connectivity index (χ2v) is 22.0. The number of unbranched alkanes of at least 4 members (excludes halogenated alkanes) is 33. The summed E-state index contributed by atoms with van der Waals surface area (Å²) >= 11 is 0. The summed E-state index contributed by atoms with van der Waals surface area (Å²) in [5, 5.41) is 0. The Morgan fingerprint density at radius 3 is 0.846 bits per heavy atom. The molecule has 0 aromatic heterocycles. The molecule has 78 heavy (non-hydrogen) atoms. The van der Waals surface area contributed by atoms with Crippen LogP contribution in [0.15, 0.2) is 97.2 Å². The molecule has 1 atom stereocenters. The summed E-state index contributed by atoms with van der Waals surface area (Å²) in [7, 11) is 0. The fraction of sp³-hybridized carbons (Fsp3) is 0.736. The van der Waals surface area contributed by atoms with E-state index in [2.05, 4.69) is 118 Å². The molecule has 0 aromatic carbocycles. The average Bonchev–Trinajstić information content (AvgIpc) is 3.44. The van der Waals surface area contributed by atoms with Crippen LogP contribution in [-0.2, 0) is 28.6 Å². The van der Waals surface area contributed by atoms with E-state index >= 15 is 0 Å². The molecule has 0 amide bonds. The van der Waals surface area contributed by atoms with Gasteiger partial charge in [0, 0.05) is 19.3 Å². The van der Waals surface area contributed by atoms with Crippen LogP contribution in [0.2, 0.25) is 0 Å². The molecule has 0 aromatic rings. The minimum atomic E-state index is -0.786. The SMILES string of the molecule is CC/C=C\C/C=C\C/C=C\C/C=C\C/C=C\CCCCCCCCCCCCCCCCCCCCCC(=O)OCC(COC(=O)CCCCCCC/C=C\CCCCC)OC(=O)CCCCCCC/C=C\C/C=C\CCC. The molecule has 0 rings (SSSR count). The monoisotopic (exact) mass is 1080 g/mol. The van der Waals surface area contributed by atoms with Crippen molar-refractivity contribution in [3.05, 3.63) is 97.2 Å². The van der Waals surface area contributed by atoms with Gasteiger partial charge in [-0.3, -0.25) is 14.4 Å². The van der Waals surface area contributed by atoms with Crippen LogP contribution in [-0.4, -0.2) is 37.2 Å². The molecule has 0 heterocycles. The molecular weight excluding hydrogens is 961 g/mol. The van der Waals surface area contributed by atoms with Crippen molar-refractivity contribution in [2.24, 2.45) is 0 Å². The van der Waals surface area contributed by atoms with Crippen molar-refractivity contribution in [3.8, 4) is 0 Å². The first-order valence-electron chi connectivity index (χ1n) is 33.2. The molecule has 0 fully saturated rings. The van der Waals surface area contributed by atoms with E-state index in [-0.39, 0.29) is 31.1 Å². The largest absolute Gasteiger partial charge is 0.462 e. The Morgan fingerprint density at radius 1 is 0.269 bits per heavy atom. The zero-order valence-electron chi connectivity index (χ0n) is 51.4. The van der Waals surface area contributed by atoms with Crippen LogP contribution in [0.25, 0.3) is 0 Å². The normalized spacial score (nSPS) is 12.7. The van der Waals surface area contributed by atoms with E-state index in [1.54, 1.807) is 0 Å². The van der Waals surface area contributed by atoms with Gasteiger partial charge in [-0.1, -0.05) is 285 Å². The van der Waals surface area contributed by atoms with Gasteiger partial charge >= 0.3 is 17.9 Å². The molecule has 0 spiro atoms. The van der Waals surface area contributed by atoms with E-state index in [9.17, 15) is 14.4 Å². The van der Waals surface area contributed by atoms with E-state index in [4.69, 9.17) is 14.2 Å². The Labute approximate surface area is 483 Å². The third kappa shape index (κ3) is 63.2. The molecule has 0 saturated carbocycles. The highest BCUT2D eigenvalue weighted by Gasteiger charge is 2.19. The summed E-state index contributed by atoms with van der Waals surface area (Å²) < 4.78 is 16.9. The Morgan fingerprint density at radius 2 is 0.526 bits per heavy atom. The standard InChI is InChI=1S/C72H124O6/c1-4-7-10-13-16-19-22-25-26-27-28-29-30-31-32-33-34-35-36-37-38-39-40-41-42-43-44-45-46-48-50-53-56-59-62-65-71(74)77-68-69(67-76-70(73)64-61-58-55-52-49-24-21-18-15-12-9-6-3)78-72(75)66-63-60-57-54-51-47-23-20-17-14-11-8-5-2/h7,10-11,14,16,18-21,23,25-26,28-29,31-32,69H,4-6,8-9,12-13,15,17,22,24,27,30,33-68H2,1-3H3/b10-7-,14-11-,19-16-,21-18-,23-20-,26-25-,29-28-,32-31-. The Kier molecular flexibility index (Phi) is 62.7. The number of hydrogen-bond donors (Lipinski definition) is 0. The zero-order chi connectivity index (χ0) is 56.4. The number of rotatable bonds is 60. The van der Waals surface area contributed by atoms with Crippen LogP contribution in [0.4, 0.5) is 0 Å². The Hall–Kier alpha value is -3.67. The van der Waals surface area contributed by atoms with Gasteiger partial charge in [-0.2, -0.15) is 0 Å². The van der Waals surface area contributed by atoms with Gasteiger partial charge in [-0.25, -0.2) is 0 Å². The van der Waals surface area contributed by atoms with Crippen molar-refractivity contribution in [1.82, 2.24) is 0 Å². The zero-order valence-corrected chi connectivity index (χ0v) is 51.4. The molecule has 6 nitrogen and oxygen atoms in total. The third-order valence-corrected chi connectivity index (χ3v) is 14.3. The molecule has 0 saturated heterocycles. The molecule has 0 aliphatic rings. The van der Waals surface area contributed by atoms with Crippen molar-refractivity contribution < 1.29 is 28.6 Å². The maximum Gasteiger partial charge on any atom is 0.306 e. The molecule has 0 aliphatic heterocycles. The van der Waals surface area contributed by atoms with Crippen molar-refractivity contribution in [3.63, 3.8) is 0 Å². The first kappa shape index (κ1) is 74.3. The summed E-state index contributed by atoms with van der Waals surface area (Å²) in [6.45, 7) is 6.44. The van der Waals surface area contributed by atoms with E-state index in [0.29, 0.717) is 19.3 Å². The van der Waals surface area contributed by atoms with Gasteiger partial charge < -0.3 is 14.2 Å². The third-order valence-electron chi connectivity index (χ3n) is 14.3. The maximum absolute atomic E-state index is 12.8. The van der Waals surface area contributed by atoms with Gasteiger partial charge in [0.1, 0.15) is 13.2 Å². The first-order chi connectivity index (χ1) is 38.5. The van der Waals surface area contributed by atoms with Crippen LogP contribution in [0, 0.1) is 0 Å². The number of carbonyl (C=O) groups is 3. The molecule has 448 valence electrons. The number of esters is 3. The number of allylic oxidation sites excluding steroid dienone is 16. The first-order valence-corrected chi connectivity index (χ1v) is 33.2. The molecule has 0 N–H and O–H groups in total. The highest BCUT2D eigenvalue weighted by atomic mass is 16.6. The summed E-state index contributed by atoms with van der Waals surface area (Å²) in [5.74, 6) is -0.895. The molecular formula is C72H124O6. The fourth-order valence-electron chi connectivity index (χ4n) is 9.33. The minimum Gasteiger partial charge on any atom is -0.462 e. The Balaban J connectivity index is 4.07. The van der Waals surface area contributed by atoms with E-state index < -0.39 is 6.10 Å². The van der Waals surface area contributed by atoms with Gasteiger partial charge in [0.05, 0.1) is 0 Å². The number of carbonyl (C=O) groups excluding carboxylic acids is 3. The maximum atomic E-state index is 12.8. The van der Waals surface area contributed by atoms with Crippen LogP contribution in [0.3, 0.4) is 0 Å². The second-order valence-electron chi connectivity index (χ2n) is 22.0. The molecule has 1 unspecified atom stereocenters. The van der Waals surface area contributed by atoms with Crippen molar-refractivity contribution >= 4 is 17.9 Å². The highest BCUT2D eigenvalue weighted by Crippen LogP contribution is 2.17. The lowest BCUT2D eigenvalue weighted by atomic mass is 10.0. The van der Waals surface area contributed by atoms with E-state index in [1.807, 2.05) is 0 Å². The van der Waals surface area contributed by atoms with Gasteiger partial charge in [0.25, 0.3) is 0 Å². The summed E-state index contributed by atoms with van der Waals surface area (Å²) in [6, 6.07) is 0. The van der Waals surface area contributed by atoms with Gasteiger partial charge in [0.2, 0.25) is 0 Å². The lowest BCUT2D eigenvalue weighted by Gasteiger charge is -2.18. The predicted octanol–water partition coefficient (Wildman–Crippen LogP) is 22.8. The van der Waals surface area contributed by atoms with Crippen LogP contribution in [0.5, 0.6) is 0 Å². The number of ether oxygens (including phenoxy) is 3. The van der Waals surface area contributed by atoms with Crippen molar-refractivity contribution in [2.75, 3.05) is 13.2 Å². The van der Waals surface area contributed by atoms with Gasteiger partial charge in [-0.15, -0.1) is 0 Å². The lowest BCUT2D eigenvalue weighted by molar-refractivity contribution is -0.167. The fourth-order valence-corrected chi connectivity index (χ4v) is 9.33.